The summed E-state index contributed by atoms with van der Waals surface area (Å²) >= 11 is 0. The zero-order chi connectivity index (χ0) is 18.6. The van der Waals surface area contributed by atoms with Gasteiger partial charge in [-0.2, -0.15) is 5.01 Å². The van der Waals surface area contributed by atoms with Gasteiger partial charge < -0.3 is 0 Å². The number of benzene rings is 3. The molecule has 3 aromatic carbocycles. The lowest BCUT2D eigenvalue weighted by Crippen LogP contribution is -2.46. The summed E-state index contributed by atoms with van der Waals surface area (Å²) in [5, 5.41) is 2.94. The van der Waals surface area contributed by atoms with Crippen molar-refractivity contribution in [2.24, 2.45) is 0 Å². The number of rotatable bonds is 5. The normalized spacial score (nSPS) is 13.3. The summed E-state index contributed by atoms with van der Waals surface area (Å²) in [5.41, 5.74) is 2.73. The average molecular weight is 354 g/mol. The van der Waals surface area contributed by atoms with E-state index in [1.807, 2.05) is 72.8 Å². The summed E-state index contributed by atoms with van der Waals surface area (Å²) in [5.74, 6) is -0.597. The highest BCUT2D eigenvalue weighted by Gasteiger charge is 2.39. The Morgan fingerprint density at radius 3 is 1.81 bits per heavy atom. The summed E-state index contributed by atoms with van der Waals surface area (Å²) in [4.78, 5) is 25.8. The topological polar surface area (TPSA) is 40.6 Å². The molecule has 0 unspecified atom stereocenters. The fourth-order valence-corrected chi connectivity index (χ4v) is 3.15. The number of imide groups is 1. The summed E-state index contributed by atoms with van der Waals surface area (Å²) < 4.78 is 0. The molecule has 1 aliphatic heterocycles. The number of anilines is 1. The molecule has 27 heavy (non-hydrogen) atoms. The minimum absolute atomic E-state index is 0.299. The van der Waals surface area contributed by atoms with Gasteiger partial charge in [-0.05, 0) is 29.8 Å². The first-order valence-electron chi connectivity index (χ1n) is 8.77. The van der Waals surface area contributed by atoms with Crippen LogP contribution < -0.4 is 5.01 Å². The lowest BCUT2D eigenvalue weighted by Gasteiger charge is -2.31. The number of hydrazine groups is 1. The molecule has 0 aromatic heterocycles. The number of hydrogen-bond donors (Lipinski definition) is 0. The zero-order valence-electron chi connectivity index (χ0n) is 14.7. The molecule has 0 saturated heterocycles. The molecular formula is C23H18N2O2. The third-order valence-corrected chi connectivity index (χ3v) is 4.46. The van der Waals surface area contributed by atoms with Crippen molar-refractivity contribution in [3.63, 3.8) is 0 Å². The lowest BCUT2D eigenvalue weighted by atomic mass is 10.1. The van der Waals surface area contributed by atoms with E-state index in [2.05, 4.69) is 0 Å². The first-order valence-corrected chi connectivity index (χ1v) is 8.77. The average Bonchev–Trinajstić information content (AvgIpc) is 2.98. The third kappa shape index (κ3) is 3.25. The molecule has 0 radical (unpaired) electrons. The van der Waals surface area contributed by atoms with Crippen molar-refractivity contribution in [2.75, 3.05) is 11.6 Å². The Balaban J connectivity index is 1.66. The minimum Gasteiger partial charge on any atom is -0.271 e. The number of carbonyl (C=O) groups excluding carboxylic acids is 2. The van der Waals surface area contributed by atoms with E-state index in [0.717, 1.165) is 11.3 Å². The summed E-state index contributed by atoms with van der Waals surface area (Å²) in [6, 6.07) is 26.3. The number of fused-ring (bicyclic) bond motifs is 1. The van der Waals surface area contributed by atoms with Gasteiger partial charge in [0.05, 0.1) is 23.4 Å². The van der Waals surface area contributed by atoms with Crippen LogP contribution in [0.2, 0.25) is 0 Å². The Morgan fingerprint density at radius 1 is 0.704 bits per heavy atom. The van der Waals surface area contributed by atoms with Crippen LogP contribution in [0.15, 0.2) is 91.0 Å². The molecule has 0 spiro atoms. The molecule has 4 rings (SSSR count). The molecule has 0 saturated carbocycles. The van der Waals surface area contributed by atoms with Crippen LogP contribution in [-0.4, -0.2) is 23.4 Å². The standard InChI is InChI=1S/C23H18N2O2/c26-22-20-15-7-8-16-21(20)23(27)25(22)24(19-13-5-2-6-14-19)17-9-12-18-10-3-1-4-11-18/h1-16H,17H2/b12-9+. The van der Waals surface area contributed by atoms with E-state index < -0.39 is 0 Å². The lowest BCUT2D eigenvalue weighted by molar-refractivity contribution is 0.0639. The summed E-state index contributed by atoms with van der Waals surface area (Å²) in [7, 11) is 0. The van der Waals surface area contributed by atoms with Crippen LogP contribution in [0.3, 0.4) is 0 Å². The SMILES string of the molecule is O=C1c2ccccc2C(=O)N1N(C/C=C/c1ccccc1)c1ccccc1. The van der Waals surface area contributed by atoms with Gasteiger partial charge in [0.1, 0.15) is 0 Å². The van der Waals surface area contributed by atoms with Gasteiger partial charge in [0.15, 0.2) is 0 Å². The molecular weight excluding hydrogens is 336 g/mol. The van der Waals surface area contributed by atoms with Gasteiger partial charge in [0.25, 0.3) is 11.8 Å². The number of nitrogens with zero attached hydrogens (tertiary/aromatic N) is 2. The van der Waals surface area contributed by atoms with Crippen molar-refractivity contribution in [3.05, 3.63) is 108 Å². The fourth-order valence-electron chi connectivity index (χ4n) is 3.15. The highest BCUT2D eigenvalue weighted by molar-refractivity contribution is 6.22. The van der Waals surface area contributed by atoms with Gasteiger partial charge in [-0.15, -0.1) is 0 Å². The van der Waals surface area contributed by atoms with Gasteiger partial charge in [0.2, 0.25) is 0 Å². The Bertz CT molecular complexity index is 962. The second-order valence-electron chi connectivity index (χ2n) is 6.20. The quantitative estimate of drug-likeness (QED) is 0.637. The maximum Gasteiger partial charge on any atom is 0.280 e. The number of para-hydroxylation sites is 1. The minimum atomic E-state index is -0.299. The summed E-state index contributed by atoms with van der Waals surface area (Å²) in [6.45, 7) is 0.393. The predicted molar refractivity (Wildman–Crippen MR) is 106 cm³/mol. The van der Waals surface area contributed by atoms with E-state index in [1.165, 1.54) is 5.01 Å². The number of carbonyl (C=O) groups is 2. The molecule has 1 heterocycles. The maximum absolute atomic E-state index is 12.9. The Morgan fingerprint density at radius 2 is 1.22 bits per heavy atom. The largest absolute Gasteiger partial charge is 0.280 e. The molecule has 2 amide bonds. The van der Waals surface area contributed by atoms with Crippen LogP contribution in [0.5, 0.6) is 0 Å². The van der Waals surface area contributed by atoms with Crippen LogP contribution in [0, 0.1) is 0 Å². The first kappa shape index (κ1) is 16.8. The number of hydrogen-bond acceptors (Lipinski definition) is 3. The van der Waals surface area contributed by atoms with Crippen molar-refractivity contribution in [2.45, 2.75) is 0 Å². The van der Waals surface area contributed by atoms with Crippen molar-refractivity contribution in [1.82, 2.24) is 5.01 Å². The van der Waals surface area contributed by atoms with Crippen LogP contribution in [0.1, 0.15) is 26.3 Å². The highest BCUT2D eigenvalue weighted by atomic mass is 16.2. The summed E-state index contributed by atoms with van der Waals surface area (Å²) in [6.07, 6.45) is 3.93. The number of amides is 2. The van der Waals surface area contributed by atoms with Crippen molar-refractivity contribution >= 4 is 23.6 Å². The molecule has 0 atom stereocenters. The monoisotopic (exact) mass is 354 g/mol. The third-order valence-electron chi connectivity index (χ3n) is 4.46. The van der Waals surface area contributed by atoms with E-state index in [0.29, 0.717) is 17.7 Å². The second-order valence-corrected chi connectivity index (χ2v) is 6.20. The molecule has 0 bridgehead atoms. The van der Waals surface area contributed by atoms with Crippen molar-refractivity contribution < 1.29 is 9.59 Å². The van der Waals surface area contributed by atoms with Gasteiger partial charge in [-0.1, -0.05) is 72.8 Å². The molecule has 132 valence electrons. The van der Waals surface area contributed by atoms with E-state index in [-0.39, 0.29) is 11.8 Å². The first-order chi connectivity index (χ1) is 13.3. The Labute approximate surface area is 157 Å². The van der Waals surface area contributed by atoms with Crippen molar-refractivity contribution in [3.8, 4) is 0 Å². The molecule has 4 heteroatoms. The van der Waals surface area contributed by atoms with E-state index >= 15 is 0 Å². The fraction of sp³-hybridized carbons (Fsp3) is 0.0435. The van der Waals surface area contributed by atoms with Gasteiger partial charge in [0, 0.05) is 0 Å². The Hall–Kier alpha value is -3.66. The van der Waals surface area contributed by atoms with E-state index in [4.69, 9.17) is 0 Å². The van der Waals surface area contributed by atoms with E-state index in [1.54, 1.807) is 29.3 Å². The second kappa shape index (κ2) is 7.30. The van der Waals surface area contributed by atoms with Crippen LogP contribution in [0.4, 0.5) is 5.69 Å². The zero-order valence-corrected chi connectivity index (χ0v) is 14.7. The molecule has 0 fully saturated rings. The maximum atomic E-state index is 12.9. The molecule has 3 aromatic rings. The van der Waals surface area contributed by atoms with Crippen LogP contribution >= 0.6 is 0 Å². The molecule has 0 N–H and O–H groups in total. The molecule has 1 aliphatic rings. The highest BCUT2D eigenvalue weighted by Crippen LogP contribution is 2.27. The van der Waals surface area contributed by atoms with Crippen molar-refractivity contribution in [1.29, 1.82) is 0 Å². The smallest absolute Gasteiger partial charge is 0.271 e. The Kier molecular flexibility index (Phi) is 4.54. The molecule has 0 aliphatic carbocycles. The molecule has 4 nitrogen and oxygen atoms in total. The predicted octanol–water partition coefficient (Wildman–Crippen LogP) is 4.42. The van der Waals surface area contributed by atoms with Crippen LogP contribution in [-0.2, 0) is 0 Å². The van der Waals surface area contributed by atoms with Gasteiger partial charge in [-0.25, -0.2) is 0 Å². The van der Waals surface area contributed by atoms with E-state index in [9.17, 15) is 9.59 Å². The van der Waals surface area contributed by atoms with Gasteiger partial charge in [-0.3, -0.25) is 14.6 Å². The van der Waals surface area contributed by atoms with Gasteiger partial charge >= 0.3 is 0 Å². The van der Waals surface area contributed by atoms with Crippen LogP contribution in [0.25, 0.3) is 6.08 Å².